The number of nitrogens with zero attached hydrogens (tertiary/aromatic N) is 1. The second-order valence-corrected chi connectivity index (χ2v) is 7.12. The van der Waals surface area contributed by atoms with Crippen LogP contribution in [0.2, 0.25) is 0 Å². The van der Waals surface area contributed by atoms with E-state index in [-0.39, 0.29) is 0 Å². The van der Waals surface area contributed by atoms with E-state index >= 15 is 0 Å². The standard InChI is InChI=1S/C18H23NO3/c20-17(21)14-5-1-4-13(10-14)11-19-12-18(7-3-8-18)16(19)15-6-2-9-22-15/h1,4-5,10,15-16H,2-3,6-9,11-12H2,(H,20,21). The lowest BCUT2D eigenvalue weighted by atomic mass is 9.56. The van der Waals surface area contributed by atoms with Gasteiger partial charge in [-0.1, -0.05) is 18.6 Å². The molecule has 1 aromatic rings. The summed E-state index contributed by atoms with van der Waals surface area (Å²) in [5, 5.41) is 9.14. The number of carboxylic acid groups (broad SMARTS) is 1. The van der Waals surface area contributed by atoms with Crippen LogP contribution < -0.4 is 0 Å². The summed E-state index contributed by atoms with van der Waals surface area (Å²) in [7, 11) is 0. The Kier molecular flexibility index (Phi) is 3.46. The maximum atomic E-state index is 11.1. The van der Waals surface area contributed by atoms with E-state index in [0.29, 0.717) is 23.1 Å². The molecule has 3 aliphatic rings. The summed E-state index contributed by atoms with van der Waals surface area (Å²) >= 11 is 0. The fraction of sp³-hybridized carbons (Fsp3) is 0.611. The molecule has 4 nitrogen and oxygen atoms in total. The van der Waals surface area contributed by atoms with Crippen LogP contribution in [0.15, 0.2) is 24.3 Å². The predicted molar refractivity (Wildman–Crippen MR) is 82.9 cm³/mol. The van der Waals surface area contributed by atoms with Crippen LogP contribution in [-0.4, -0.2) is 41.3 Å². The van der Waals surface area contributed by atoms with Gasteiger partial charge < -0.3 is 9.84 Å². The average molecular weight is 301 g/mol. The second kappa shape index (κ2) is 5.36. The molecular weight excluding hydrogens is 278 g/mol. The van der Waals surface area contributed by atoms with Crippen LogP contribution in [-0.2, 0) is 11.3 Å². The summed E-state index contributed by atoms with van der Waals surface area (Å²) in [5.74, 6) is -0.850. The monoisotopic (exact) mass is 301 g/mol. The van der Waals surface area contributed by atoms with Gasteiger partial charge in [0.05, 0.1) is 11.7 Å². The molecule has 2 saturated heterocycles. The minimum Gasteiger partial charge on any atom is -0.478 e. The van der Waals surface area contributed by atoms with Crippen LogP contribution >= 0.6 is 0 Å². The van der Waals surface area contributed by atoms with Gasteiger partial charge in [0, 0.05) is 31.2 Å². The van der Waals surface area contributed by atoms with Gasteiger partial charge in [0.15, 0.2) is 0 Å². The molecule has 0 aromatic heterocycles. The van der Waals surface area contributed by atoms with Crippen molar-refractivity contribution in [3.63, 3.8) is 0 Å². The van der Waals surface area contributed by atoms with E-state index in [1.807, 2.05) is 12.1 Å². The van der Waals surface area contributed by atoms with Crippen molar-refractivity contribution in [3.05, 3.63) is 35.4 Å². The molecular formula is C18H23NO3. The molecule has 2 atom stereocenters. The third-order valence-electron chi connectivity index (χ3n) is 5.76. The Morgan fingerprint density at radius 2 is 2.23 bits per heavy atom. The van der Waals surface area contributed by atoms with E-state index in [1.54, 1.807) is 12.1 Å². The molecule has 1 saturated carbocycles. The van der Waals surface area contributed by atoms with Crippen molar-refractivity contribution in [2.24, 2.45) is 5.41 Å². The second-order valence-electron chi connectivity index (χ2n) is 7.12. The van der Waals surface area contributed by atoms with Gasteiger partial charge in [0.2, 0.25) is 0 Å². The highest BCUT2D eigenvalue weighted by Gasteiger charge is 2.58. The fourth-order valence-corrected chi connectivity index (χ4v) is 4.63. The van der Waals surface area contributed by atoms with E-state index in [9.17, 15) is 4.79 Å². The van der Waals surface area contributed by atoms with Crippen molar-refractivity contribution < 1.29 is 14.6 Å². The molecule has 1 aliphatic carbocycles. The number of ether oxygens (including phenoxy) is 1. The number of hydrogen-bond acceptors (Lipinski definition) is 3. The molecule has 1 aromatic carbocycles. The lowest BCUT2D eigenvalue weighted by Crippen LogP contribution is -2.70. The number of hydrogen-bond donors (Lipinski definition) is 1. The third-order valence-corrected chi connectivity index (χ3v) is 5.76. The molecule has 118 valence electrons. The molecule has 3 fully saturated rings. The molecule has 22 heavy (non-hydrogen) atoms. The molecule has 0 radical (unpaired) electrons. The quantitative estimate of drug-likeness (QED) is 0.929. The van der Waals surface area contributed by atoms with Gasteiger partial charge >= 0.3 is 5.97 Å². The maximum absolute atomic E-state index is 11.1. The Balaban J connectivity index is 1.50. The van der Waals surface area contributed by atoms with Crippen molar-refractivity contribution in [2.75, 3.05) is 13.2 Å². The number of carboxylic acids is 1. The number of aromatic carboxylic acids is 1. The van der Waals surface area contributed by atoms with Crippen LogP contribution in [0, 0.1) is 5.41 Å². The van der Waals surface area contributed by atoms with Crippen molar-refractivity contribution in [1.82, 2.24) is 4.90 Å². The highest BCUT2D eigenvalue weighted by Crippen LogP contribution is 2.55. The lowest BCUT2D eigenvalue weighted by Gasteiger charge is -2.64. The Hall–Kier alpha value is -1.39. The predicted octanol–water partition coefficient (Wildman–Crippen LogP) is 2.92. The molecule has 2 heterocycles. The first-order valence-electron chi connectivity index (χ1n) is 8.36. The first-order valence-corrected chi connectivity index (χ1v) is 8.36. The third kappa shape index (κ3) is 2.25. The molecule has 1 spiro atoms. The van der Waals surface area contributed by atoms with Crippen molar-refractivity contribution in [1.29, 1.82) is 0 Å². The van der Waals surface area contributed by atoms with Crippen molar-refractivity contribution in [2.45, 2.75) is 50.8 Å². The zero-order chi connectivity index (χ0) is 15.2. The van der Waals surface area contributed by atoms with Crippen LogP contribution in [0.1, 0.15) is 48.0 Å². The van der Waals surface area contributed by atoms with Crippen molar-refractivity contribution in [3.8, 4) is 0 Å². The summed E-state index contributed by atoms with van der Waals surface area (Å²) in [5.41, 5.74) is 1.97. The first-order chi connectivity index (χ1) is 10.7. The van der Waals surface area contributed by atoms with E-state index in [4.69, 9.17) is 9.84 Å². The smallest absolute Gasteiger partial charge is 0.335 e. The van der Waals surface area contributed by atoms with Crippen molar-refractivity contribution >= 4 is 5.97 Å². The number of benzene rings is 1. The average Bonchev–Trinajstić information content (AvgIpc) is 2.94. The molecule has 0 amide bonds. The van der Waals surface area contributed by atoms with Gasteiger partial charge in [-0.2, -0.15) is 0 Å². The van der Waals surface area contributed by atoms with E-state index < -0.39 is 5.97 Å². The van der Waals surface area contributed by atoms with Gasteiger partial charge in [-0.15, -0.1) is 0 Å². The zero-order valence-corrected chi connectivity index (χ0v) is 12.8. The molecule has 1 N–H and O–H groups in total. The SMILES string of the molecule is O=C(O)c1cccc(CN2CC3(CCC3)C2C2CCCO2)c1. The Labute approximate surface area is 131 Å². The van der Waals surface area contributed by atoms with Crippen LogP contribution in [0.5, 0.6) is 0 Å². The van der Waals surface area contributed by atoms with Crippen LogP contribution in [0.3, 0.4) is 0 Å². The summed E-state index contributed by atoms with van der Waals surface area (Å²) in [4.78, 5) is 13.6. The van der Waals surface area contributed by atoms with Gasteiger partial charge in [0.25, 0.3) is 0 Å². The fourth-order valence-electron chi connectivity index (χ4n) is 4.63. The van der Waals surface area contributed by atoms with E-state index in [0.717, 1.165) is 25.3 Å². The van der Waals surface area contributed by atoms with Crippen LogP contribution in [0.25, 0.3) is 0 Å². The first kappa shape index (κ1) is 14.2. The van der Waals surface area contributed by atoms with E-state index in [2.05, 4.69) is 4.90 Å². The summed E-state index contributed by atoms with van der Waals surface area (Å²) in [6.45, 7) is 2.89. The molecule has 4 rings (SSSR count). The Morgan fingerprint density at radius 1 is 1.36 bits per heavy atom. The Morgan fingerprint density at radius 3 is 2.86 bits per heavy atom. The largest absolute Gasteiger partial charge is 0.478 e. The minimum atomic E-state index is -0.850. The molecule has 2 aliphatic heterocycles. The summed E-state index contributed by atoms with van der Waals surface area (Å²) in [6.07, 6.45) is 6.77. The van der Waals surface area contributed by atoms with Gasteiger partial charge in [-0.05, 0) is 43.4 Å². The topological polar surface area (TPSA) is 49.8 Å². The number of likely N-dealkylation sites (tertiary alicyclic amines) is 1. The Bertz CT molecular complexity index is 575. The lowest BCUT2D eigenvalue weighted by molar-refractivity contribution is -0.176. The van der Waals surface area contributed by atoms with Gasteiger partial charge in [-0.3, -0.25) is 4.90 Å². The van der Waals surface area contributed by atoms with E-state index in [1.165, 1.54) is 32.1 Å². The van der Waals surface area contributed by atoms with Crippen LogP contribution in [0.4, 0.5) is 0 Å². The number of carbonyl (C=O) groups is 1. The highest BCUT2D eigenvalue weighted by atomic mass is 16.5. The normalized spacial score (nSPS) is 30.0. The molecule has 4 heteroatoms. The number of rotatable bonds is 4. The minimum absolute atomic E-state index is 0.380. The maximum Gasteiger partial charge on any atom is 0.335 e. The molecule has 0 bridgehead atoms. The summed E-state index contributed by atoms with van der Waals surface area (Å²) < 4.78 is 5.98. The molecule has 2 unspecified atom stereocenters. The summed E-state index contributed by atoms with van der Waals surface area (Å²) in [6, 6.07) is 7.88. The van der Waals surface area contributed by atoms with Gasteiger partial charge in [0.1, 0.15) is 0 Å². The van der Waals surface area contributed by atoms with Gasteiger partial charge in [-0.25, -0.2) is 4.79 Å². The zero-order valence-electron chi connectivity index (χ0n) is 12.8. The highest BCUT2D eigenvalue weighted by molar-refractivity contribution is 5.87.